The predicted octanol–water partition coefficient (Wildman–Crippen LogP) is 2.47. The molecule has 2 aromatic carbocycles. The number of halogens is 3. The number of esters is 1. The molecule has 0 spiro atoms. The van der Waals surface area contributed by atoms with Crippen LogP contribution >= 0.6 is 0 Å². The summed E-state index contributed by atoms with van der Waals surface area (Å²) < 4.78 is 46.0. The van der Waals surface area contributed by atoms with Crippen LogP contribution in [0.25, 0.3) is 0 Å². The van der Waals surface area contributed by atoms with Gasteiger partial charge in [-0.1, -0.05) is 12.1 Å². The first-order valence-corrected chi connectivity index (χ1v) is 7.62. The van der Waals surface area contributed by atoms with Crippen LogP contribution < -0.4 is 10.1 Å². The number of imide groups is 1. The van der Waals surface area contributed by atoms with Crippen LogP contribution in [0.5, 0.6) is 5.75 Å². The zero-order valence-electron chi connectivity index (χ0n) is 13.8. The lowest BCUT2D eigenvalue weighted by Gasteiger charge is -2.07. The number of amides is 2. The lowest BCUT2D eigenvalue weighted by Crippen LogP contribution is -2.34. The van der Waals surface area contributed by atoms with E-state index < -0.39 is 36.8 Å². The standard InChI is InChI=1S/C18H14F3NO5/c19-13-3-1-2-11(8-13)9-16(24)26-10-15(23)22-17(25)12-4-6-14(7-5-12)27-18(20)21/h1-8,18H,9-10H2,(H,22,23,25). The summed E-state index contributed by atoms with van der Waals surface area (Å²) in [5, 5.41) is 1.98. The minimum absolute atomic E-state index is 0.0241. The molecule has 0 aromatic heterocycles. The fourth-order valence-electron chi connectivity index (χ4n) is 2.03. The van der Waals surface area contributed by atoms with Crippen molar-refractivity contribution in [1.29, 1.82) is 0 Å². The quantitative estimate of drug-likeness (QED) is 0.746. The third-order valence-corrected chi connectivity index (χ3v) is 3.20. The van der Waals surface area contributed by atoms with Crippen molar-refractivity contribution in [2.45, 2.75) is 13.0 Å². The summed E-state index contributed by atoms with van der Waals surface area (Å²) in [6.07, 6.45) is -0.232. The molecule has 0 unspecified atom stereocenters. The van der Waals surface area contributed by atoms with Gasteiger partial charge in [0, 0.05) is 5.56 Å². The summed E-state index contributed by atoms with van der Waals surface area (Å²) >= 11 is 0. The minimum atomic E-state index is -2.99. The van der Waals surface area contributed by atoms with Crippen molar-refractivity contribution in [1.82, 2.24) is 5.32 Å². The van der Waals surface area contributed by atoms with E-state index in [-0.39, 0.29) is 17.7 Å². The first kappa shape index (κ1) is 20.0. The molecule has 27 heavy (non-hydrogen) atoms. The molecule has 0 aliphatic heterocycles. The maximum Gasteiger partial charge on any atom is 0.387 e. The second-order valence-electron chi connectivity index (χ2n) is 5.25. The Hall–Kier alpha value is -3.36. The maximum absolute atomic E-state index is 13.0. The van der Waals surface area contributed by atoms with Gasteiger partial charge in [0.05, 0.1) is 6.42 Å². The van der Waals surface area contributed by atoms with Gasteiger partial charge in [0.15, 0.2) is 6.61 Å². The van der Waals surface area contributed by atoms with E-state index >= 15 is 0 Å². The van der Waals surface area contributed by atoms with Crippen LogP contribution in [0.15, 0.2) is 48.5 Å². The summed E-state index contributed by atoms with van der Waals surface area (Å²) in [4.78, 5) is 35.1. The van der Waals surface area contributed by atoms with Gasteiger partial charge in [0.25, 0.3) is 11.8 Å². The van der Waals surface area contributed by atoms with Crippen molar-refractivity contribution in [3.63, 3.8) is 0 Å². The second-order valence-corrected chi connectivity index (χ2v) is 5.25. The second kappa shape index (κ2) is 9.37. The van der Waals surface area contributed by atoms with E-state index in [1.54, 1.807) is 0 Å². The third-order valence-electron chi connectivity index (χ3n) is 3.20. The number of alkyl halides is 2. The van der Waals surface area contributed by atoms with Gasteiger partial charge >= 0.3 is 12.6 Å². The highest BCUT2D eigenvalue weighted by atomic mass is 19.3. The number of hydrogen-bond acceptors (Lipinski definition) is 5. The van der Waals surface area contributed by atoms with Crippen molar-refractivity contribution >= 4 is 17.8 Å². The topological polar surface area (TPSA) is 81.7 Å². The molecular formula is C18H14F3NO5. The van der Waals surface area contributed by atoms with Crippen molar-refractivity contribution in [3.8, 4) is 5.75 Å². The molecule has 2 amide bonds. The number of hydrogen-bond donors (Lipinski definition) is 1. The molecule has 0 fully saturated rings. The summed E-state index contributed by atoms with van der Waals surface area (Å²) in [5.41, 5.74) is 0.402. The normalized spacial score (nSPS) is 10.4. The van der Waals surface area contributed by atoms with Gasteiger partial charge in [-0.25, -0.2) is 4.39 Å². The van der Waals surface area contributed by atoms with E-state index in [1.165, 1.54) is 30.3 Å². The largest absolute Gasteiger partial charge is 0.455 e. The number of nitrogens with one attached hydrogen (secondary N) is 1. The number of carbonyl (C=O) groups is 3. The molecule has 0 atom stereocenters. The van der Waals surface area contributed by atoms with E-state index in [9.17, 15) is 27.6 Å². The first-order chi connectivity index (χ1) is 12.8. The molecule has 2 aromatic rings. The van der Waals surface area contributed by atoms with E-state index in [4.69, 9.17) is 4.74 Å². The van der Waals surface area contributed by atoms with Crippen molar-refractivity contribution < 1.29 is 37.0 Å². The van der Waals surface area contributed by atoms with Gasteiger partial charge < -0.3 is 9.47 Å². The van der Waals surface area contributed by atoms with E-state index in [2.05, 4.69) is 4.74 Å². The summed E-state index contributed by atoms with van der Waals surface area (Å²) in [5.74, 6) is -3.09. The Bertz CT molecular complexity index is 824. The van der Waals surface area contributed by atoms with Crippen LogP contribution in [-0.2, 0) is 20.7 Å². The molecule has 9 heteroatoms. The summed E-state index contributed by atoms with van der Waals surface area (Å²) in [6, 6.07) is 10.0. The lowest BCUT2D eigenvalue weighted by molar-refractivity contribution is -0.147. The van der Waals surface area contributed by atoms with Crippen molar-refractivity contribution in [3.05, 3.63) is 65.5 Å². The lowest BCUT2D eigenvalue weighted by atomic mass is 10.1. The van der Waals surface area contributed by atoms with Gasteiger partial charge in [-0.2, -0.15) is 8.78 Å². The molecule has 0 heterocycles. The van der Waals surface area contributed by atoms with Gasteiger partial charge in [0.2, 0.25) is 0 Å². The molecule has 2 rings (SSSR count). The Labute approximate surface area is 151 Å². The fourth-order valence-corrected chi connectivity index (χ4v) is 2.03. The Morgan fingerprint density at radius 1 is 1.04 bits per heavy atom. The van der Waals surface area contributed by atoms with Crippen LogP contribution in [0.4, 0.5) is 13.2 Å². The molecule has 0 aliphatic rings. The SMILES string of the molecule is O=C(COC(=O)Cc1cccc(F)c1)NC(=O)c1ccc(OC(F)F)cc1. The monoisotopic (exact) mass is 381 g/mol. The Morgan fingerprint density at radius 2 is 1.74 bits per heavy atom. The van der Waals surface area contributed by atoms with Crippen molar-refractivity contribution in [2.75, 3.05) is 6.61 Å². The highest BCUT2D eigenvalue weighted by Gasteiger charge is 2.14. The zero-order valence-corrected chi connectivity index (χ0v) is 13.8. The average Bonchev–Trinajstić information content (AvgIpc) is 2.60. The molecule has 1 N–H and O–H groups in total. The molecule has 6 nitrogen and oxygen atoms in total. The van der Waals surface area contributed by atoms with Crippen LogP contribution in [0, 0.1) is 5.82 Å². The van der Waals surface area contributed by atoms with Gasteiger partial charge in [-0.15, -0.1) is 0 Å². The van der Waals surface area contributed by atoms with Crippen LogP contribution in [0.1, 0.15) is 15.9 Å². The van der Waals surface area contributed by atoms with E-state index in [0.717, 1.165) is 18.2 Å². The minimum Gasteiger partial charge on any atom is -0.455 e. The molecule has 0 radical (unpaired) electrons. The fraction of sp³-hybridized carbons (Fsp3) is 0.167. The number of ether oxygens (including phenoxy) is 2. The number of carbonyl (C=O) groups excluding carboxylic acids is 3. The molecule has 0 aliphatic carbocycles. The van der Waals surface area contributed by atoms with Gasteiger partial charge in [0.1, 0.15) is 11.6 Å². The highest BCUT2D eigenvalue weighted by molar-refractivity contribution is 6.05. The predicted molar refractivity (Wildman–Crippen MR) is 86.6 cm³/mol. The molecule has 0 bridgehead atoms. The first-order valence-electron chi connectivity index (χ1n) is 7.62. The molecule has 142 valence electrons. The average molecular weight is 381 g/mol. The van der Waals surface area contributed by atoms with Crippen molar-refractivity contribution in [2.24, 2.45) is 0 Å². The Kier molecular flexibility index (Phi) is 6.93. The Balaban J connectivity index is 1.79. The van der Waals surface area contributed by atoms with Crippen LogP contribution in [0.3, 0.4) is 0 Å². The maximum atomic E-state index is 13.0. The molecular weight excluding hydrogens is 367 g/mol. The molecule has 0 saturated heterocycles. The van der Waals surface area contributed by atoms with E-state index in [1.807, 2.05) is 5.32 Å². The smallest absolute Gasteiger partial charge is 0.387 e. The number of rotatable bonds is 7. The van der Waals surface area contributed by atoms with Gasteiger partial charge in [-0.05, 0) is 42.0 Å². The van der Waals surface area contributed by atoms with Gasteiger partial charge in [-0.3, -0.25) is 19.7 Å². The third kappa shape index (κ3) is 6.81. The summed E-state index contributed by atoms with van der Waals surface area (Å²) in [6.45, 7) is -3.69. The van der Waals surface area contributed by atoms with E-state index in [0.29, 0.717) is 5.56 Å². The Morgan fingerprint density at radius 3 is 2.37 bits per heavy atom. The number of benzene rings is 2. The van der Waals surface area contributed by atoms with Crippen LogP contribution in [-0.4, -0.2) is 31.0 Å². The summed E-state index contributed by atoms with van der Waals surface area (Å²) in [7, 11) is 0. The highest BCUT2D eigenvalue weighted by Crippen LogP contribution is 2.14. The van der Waals surface area contributed by atoms with Crippen LogP contribution in [0.2, 0.25) is 0 Å². The zero-order chi connectivity index (χ0) is 19.8. The molecule has 0 saturated carbocycles.